The Morgan fingerprint density at radius 2 is 1.83 bits per heavy atom. The molecule has 11 nitrogen and oxygen atoms in total. The molecule has 3 heterocycles. The second-order valence-corrected chi connectivity index (χ2v) is 8.91. The van der Waals surface area contributed by atoms with Gasteiger partial charge in [0.15, 0.2) is 0 Å². The highest BCUT2D eigenvalue weighted by molar-refractivity contribution is 7.90. The number of hydrogen-bond donors (Lipinski definition) is 2. The van der Waals surface area contributed by atoms with Crippen molar-refractivity contribution < 1.29 is 22.8 Å². The van der Waals surface area contributed by atoms with E-state index in [-0.39, 0.29) is 35.4 Å². The summed E-state index contributed by atoms with van der Waals surface area (Å²) in [6, 6.07) is 3.01. The van der Waals surface area contributed by atoms with Gasteiger partial charge in [0.05, 0.1) is 4.90 Å². The lowest BCUT2D eigenvalue weighted by atomic mass is 10.0. The summed E-state index contributed by atoms with van der Waals surface area (Å²) in [5.74, 6) is -1.52. The smallest absolute Gasteiger partial charge is 0.322 e. The first-order valence-electron chi connectivity index (χ1n) is 8.95. The SMILES string of the molecule is Cc1cn(S(=O)(=O)c2ccc3c(c2)C(=O)N(C2CCC(=O)NC2=O)C3)c(=O)[nH]c1=O. The zero-order chi connectivity index (χ0) is 21.8. The van der Waals surface area contributed by atoms with E-state index in [0.717, 1.165) is 12.3 Å². The van der Waals surface area contributed by atoms with Gasteiger partial charge in [-0.25, -0.2) is 13.2 Å². The maximum absolute atomic E-state index is 12.9. The highest BCUT2D eigenvalue weighted by Gasteiger charge is 2.39. The number of carbonyl (C=O) groups excluding carboxylic acids is 3. The van der Waals surface area contributed by atoms with E-state index in [2.05, 4.69) is 5.32 Å². The molecule has 1 atom stereocenters. The van der Waals surface area contributed by atoms with Crippen LogP contribution >= 0.6 is 0 Å². The maximum atomic E-state index is 12.9. The van der Waals surface area contributed by atoms with Gasteiger partial charge in [-0.1, -0.05) is 6.07 Å². The normalized spacial score (nSPS) is 19.0. The van der Waals surface area contributed by atoms with Crippen LogP contribution in [-0.2, 0) is 26.2 Å². The molecule has 2 aliphatic heterocycles. The number of amides is 3. The zero-order valence-corrected chi connectivity index (χ0v) is 16.5. The third kappa shape index (κ3) is 3.05. The minimum Gasteiger partial charge on any atom is -0.322 e. The summed E-state index contributed by atoms with van der Waals surface area (Å²) in [5.41, 5.74) is -1.18. The van der Waals surface area contributed by atoms with E-state index in [1.165, 1.54) is 24.0 Å². The molecule has 0 spiro atoms. The van der Waals surface area contributed by atoms with Crippen LogP contribution in [0.1, 0.15) is 34.3 Å². The Labute approximate surface area is 169 Å². The molecule has 2 aromatic rings. The number of imide groups is 1. The van der Waals surface area contributed by atoms with Crippen molar-refractivity contribution >= 4 is 27.7 Å². The van der Waals surface area contributed by atoms with Gasteiger partial charge >= 0.3 is 5.69 Å². The van der Waals surface area contributed by atoms with Gasteiger partial charge in [-0.2, -0.15) is 3.97 Å². The number of aryl methyl sites for hydroxylation is 1. The van der Waals surface area contributed by atoms with Crippen LogP contribution < -0.4 is 16.6 Å². The lowest BCUT2D eigenvalue weighted by molar-refractivity contribution is -0.136. The number of hydrogen-bond acceptors (Lipinski definition) is 7. The zero-order valence-electron chi connectivity index (χ0n) is 15.7. The fourth-order valence-corrected chi connectivity index (χ4v) is 4.83. The van der Waals surface area contributed by atoms with Crippen molar-refractivity contribution in [2.24, 2.45) is 0 Å². The third-order valence-electron chi connectivity index (χ3n) is 5.15. The van der Waals surface area contributed by atoms with Crippen LogP contribution in [0, 0.1) is 6.92 Å². The summed E-state index contributed by atoms with van der Waals surface area (Å²) in [6.45, 7) is 1.45. The number of nitrogens with one attached hydrogen (secondary N) is 2. The first kappa shape index (κ1) is 19.8. The predicted molar refractivity (Wildman–Crippen MR) is 101 cm³/mol. The summed E-state index contributed by atoms with van der Waals surface area (Å²) in [7, 11) is -4.37. The van der Waals surface area contributed by atoms with Crippen molar-refractivity contribution in [3.8, 4) is 0 Å². The van der Waals surface area contributed by atoms with Crippen molar-refractivity contribution in [2.45, 2.75) is 37.2 Å². The number of carbonyl (C=O) groups is 3. The first-order chi connectivity index (χ1) is 14.1. The predicted octanol–water partition coefficient (Wildman–Crippen LogP) is -1.16. The maximum Gasteiger partial charge on any atom is 0.342 e. The Bertz CT molecular complexity index is 1340. The van der Waals surface area contributed by atoms with Crippen molar-refractivity contribution in [3.05, 3.63) is 61.9 Å². The molecule has 1 saturated heterocycles. The average Bonchev–Trinajstić information content (AvgIpc) is 3.00. The summed E-state index contributed by atoms with van der Waals surface area (Å²) >= 11 is 0. The Balaban J connectivity index is 1.71. The van der Waals surface area contributed by atoms with Crippen LogP contribution in [-0.4, -0.2) is 46.0 Å². The number of H-pyrrole nitrogens is 1. The molecule has 2 N–H and O–H groups in total. The van der Waals surface area contributed by atoms with E-state index in [4.69, 9.17) is 0 Å². The van der Waals surface area contributed by atoms with Gasteiger partial charge in [-0.05, 0) is 31.0 Å². The third-order valence-corrected chi connectivity index (χ3v) is 6.78. The quantitative estimate of drug-likeness (QED) is 0.580. The average molecular weight is 432 g/mol. The van der Waals surface area contributed by atoms with E-state index in [9.17, 15) is 32.4 Å². The Morgan fingerprint density at radius 3 is 2.53 bits per heavy atom. The molecule has 1 fully saturated rings. The number of aromatic nitrogens is 2. The highest BCUT2D eigenvalue weighted by atomic mass is 32.2. The fraction of sp³-hybridized carbons (Fsp3) is 0.278. The molecule has 0 radical (unpaired) electrons. The molecule has 4 rings (SSSR count). The lowest BCUT2D eigenvalue weighted by Gasteiger charge is -2.29. The molecule has 12 heteroatoms. The van der Waals surface area contributed by atoms with Crippen LogP contribution in [0.5, 0.6) is 0 Å². The standard InChI is InChI=1S/C18H16N4O7S/c1-9-7-22(18(27)20-15(9)24)30(28,29)11-3-2-10-8-21(17(26)12(10)6-11)13-4-5-14(23)19-16(13)25/h2-3,6-7,13H,4-5,8H2,1H3,(H,19,23,25)(H,20,24,27). The van der Waals surface area contributed by atoms with Crippen LogP contribution in [0.4, 0.5) is 0 Å². The van der Waals surface area contributed by atoms with E-state index >= 15 is 0 Å². The van der Waals surface area contributed by atoms with Crippen molar-refractivity contribution in [1.29, 1.82) is 0 Å². The lowest BCUT2D eigenvalue weighted by Crippen LogP contribution is -2.52. The Hall–Kier alpha value is -3.54. The fourth-order valence-electron chi connectivity index (χ4n) is 3.53. The van der Waals surface area contributed by atoms with Gasteiger partial charge in [0, 0.05) is 30.3 Å². The Morgan fingerprint density at radius 1 is 1.10 bits per heavy atom. The van der Waals surface area contributed by atoms with Crippen molar-refractivity contribution in [2.75, 3.05) is 0 Å². The summed E-state index contributed by atoms with van der Waals surface area (Å²) in [4.78, 5) is 62.7. The molecule has 1 aromatic carbocycles. The molecular weight excluding hydrogens is 416 g/mol. The highest BCUT2D eigenvalue weighted by Crippen LogP contribution is 2.29. The summed E-state index contributed by atoms with van der Waals surface area (Å²) < 4.78 is 26.2. The topological polar surface area (TPSA) is 155 Å². The van der Waals surface area contributed by atoms with Crippen LogP contribution in [0.2, 0.25) is 0 Å². The van der Waals surface area contributed by atoms with E-state index in [1.54, 1.807) is 0 Å². The second-order valence-electron chi connectivity index (χ2n) is 7.09. The van der Waals surface area contributed by atoms with Crippen molar-refractivity contribution in [3.63, 3.8) is 0 Å². The van der Waals surface area contributed by atoms with E-state index in [0.29, 0.717) is 9.54 Å². The molecule has 0 aliphatic carbocycles. The van der Waals surface area contributed by atoms with Crippen LogP contribution in [0.15, 0.2) is 38.9 Å². The summed E-state index contributed by atoms with van der Waals surface area (Å²) in [5, 5.41) is 2.19. The number of nitrogens with zero attached hydrogens (tertiary/aromatic N) is 2. The van der Waals surface area contributed by atoms with E-state index in [1.807, 2.05) is 4.98 Å². The Kier molecular flexibility index (Phi) is 4.45. The van der Waals surface area contributed by atoms with Gasteiger partial charge in [-0.3, -0.25) is 29.5 Å². The molecule has 2 aliphatic rings. The minimum absolute atomic E-state index is 0.0273. The van der Waals surface area contributed by atoms with E-state index < -0.39 is 45.0 Å². The number of piperidine rings is 1. The molecule has 1 aromatic heterocycles. The van der Waals surface area contributed by atoms with Gasteiger partial charge in [-0.15, -0.1) is 0 Å². The van der Waals surface area contributed by atoms with Crippen molar-refractivity contribution in [1.82, 2.24) is 19.2 Å². The number of aromatic amines is 1. The van der Waals surface area contributed by atoms with Crippen LogP contribution in [0.3, 0.4) is 0 Å². The molecule has 0 bridgehead atoms. The molecule has 156 valence electrons. The van der Waals surface area contributed by atoms with Crippen LogP contribution in [0.25, 0.3) is 0 Å². The van der Waals surface area contributed by atoms with Gasteiger partial charge in [0.25, 0.3) is 21.5 Å². The molecule has 1 unspecified atom stereocenters. The molecule has 30 heavy (non-hydrogen) atoms. The molecular formula is C18H16N4O7S. The minimum atomic E-state index is -4.37. The summed E-state index contributed by atoms with van der Waals surface area (Å²) in [6.07, 6.45) is 1.20. The molecule has 0 saturated carbocycles. The number of benzene rings is 1. The first-order valence-corrected chi connectivity index (χ1v) is 10.4. The van der Waals surface area contributed by atoms with Gasteiger partial charge in [0.1, 0.15) is 6.04 Å². The number of rotatable bonds is 3. The van der Waals surface area contributed by atoms with Gasteiger partial charge in [0.2, 0.25) is 11.8 Å². The molecule has 3 amide bonds. The van der Waals surface area contributed by atoms with Gasteiger partial charge < -0.3 is 4.90 Å². The number of fused-ring (bicyclic) bond motifs is 1. The largest absolute Gasteiger partial charge is 0.342 e. The monoisotopic (exact) mass is 432 g/mol. The second kappa shape index (κ2) is 6.76.